The van der Waals surface area contributed by atoms with E-state index >= 15 is 0 Å². The third kappa shape index (κ3) is 1.45. The maximum Gasteiger partial charge on any atom is 0.172 e. The molecule has 0 radical (unpaired) electrons. The number of hydrogen-bond donors (Lipinski definition) is 1. The van der Waals surface area contributed by atoms with Crippen molar-refractivity contribution in [3.05, 3.63) is 22.5 Å². The van der Waals surface area contributed by atoms with Crippen LogP contribution >= 0.6 is 22.9 Å². The average Bonchev–Trinajstić information content (AvgIpc) is 2.71. The first-order chi connectivity index (χ1) is 7.79. The Morgan fingerprint density at radius 1 is 1.50 bits per heavy atom. The highest BCUT2D eigenvalue weighted by molar-refractivity contribution is 7.17. The minimum atomic E-state index is -0.311. The molecule has 1 aliphatic rings. The largest absolute Gasteiger partial charge is 0.486 e. The Morgan fingerprint density at radius 2 is 2.38 bits per heavy atom. The molecule has 1 N–H and O–H groups in total. The maximum atomic E-state index is 9.07. The van der Waals surface area contributed by atoms with Crippen LogP contribution in [0.1, 0.15) is 0 Å². The van der Waals surface area contributed by atoms with Crippen LogP contribution < -0.4 is 9.47 Å². The highest BCUT2D eigenvalue weighted by atomic mass is 35.5. The van der Waals surface area contributed by atoms with Crippen molar-refractivity contribution < 1.29 is 14.6 Å². The summed E-state index contributed by atoms with van der Waals surface area (Å²) < 4.78 is 12.3. The first kappa shape index (κ1) is 10.2. The molecule has 0 aliphatic carbocycles. The number of thiophene rings is 1. The third-order valence-electron chi connectivity index (χ3n) is 2.52. The molecule has 1 aromatic heterocycles. The smallest absolute Gasteiger partial charge is 0.172 e. The zero-order valence-electron chi connectivity index (χ0n) is 8.27. The number of rotatable bonds is 1. The lowest BCUT2D eigenvalue weighted by Crippen LogP contribution is -2.32. The van der Waals surface area contributed by atoms with Crippen LogP contribution in [0.5, 0.6) is 11.5 Å². The van der Waals surface area contributed by atoms with Crippen molar-refractivity contribution in [3.8, 4) is 11.5 Å². The van der Waals surface area contributed by atoms with Crippen LogP contribution in [0, 0.1) is 0 Å². The highest BCUT2D eigenvalue weighted by Crippen LogP contribution is 2.44. The van der Waals surface area contributed by atoms with Crippen LogP contribution in [0.15, 0.2) is 17.5 Å². The predicted octanol–water partition coefficient (Wildman–Crippen LogP) is 2.69. The van der Waals surface area contributed by atoms with Gasteiger partial charge in [-0.15, -0.1) is 11.3 Å². The Labute approximate surface area is 101 Å². The topological polar surface area (TPSA) is 38.7 Å². The quantitative estimate of drug-likeness (QED) is 0.853. The Bertz CT molecular complexity index is 537. The van der Waals surface area contributed by atoms with Crippen molar-refractivity contribution >= 4 is 33.0 Å². The molecule has 5 heteroatoms. The zero-order chi connectivity index (χ0) is 11.1. The molecule has 2 aromatic rings. The van der Waals surface area contributed by atoms with Crippen LogP contribution in [-0.2, 0) is 0 Å². The average molecular weight is 257 g/mol. The third-order valence-corrected chi connectivity index (χ3v) is 3.90. The molecule has 0 unspecified atom stereocenters. The Hall–Kier alpha value is -0.970. The van der Waals surface area contributed by atoms with Crippen LogP contribution in [0.25, 0.3) is 10.1 Å². The summed E-state index contributed by atoms with van der Waals surface area (Å²) in [6, 6.07) is 3.84. The molecule has 84 valence electrons. The summed E-state index contributed by atoms with van der Waals surface area (Å²) in [7, 11) is 0. The molecule has 0 fully saturated rings. The number of aliphatic hydroxyl groups excluding tert-OH is 1. The van der Waals surface area contributed by atoms with Gasteiger partial charge in [0.05, 0.1) is 17.0 Å². The summed E-state index contributed by atoms with van der Waals surface area (Å²) in [4.78, 5) is 0. The van der Waals surface area contributed by atoms with Gasteiger partial charge in [0.2, 0.25) is 0 Å². The van der Waals surface area contributed by atoms with E-state index in [1.165, 1.54) is 0 Å². The van der Waals surface area contributed by atoms with E-state index in [1.807, 2.05) is 17.5 Å². The first-order valence-corrected chi connectivity index (χ1v) is 6.15. The fourth-order valence-corrected chi connectivity index (χ4v) is 2.94. The van der Waals surface area contributed by atoms with Crippen LogP contribution in [0.4, 0.5) is 0 Å². The molecule has 0 saturated carbocycles. The van der Waals surface area contributed by atoms with Crippen LogP contribution in [-0.4, -0.2) is 24.4 Å². The monoisotopic (exact) mass is 256 g/mol. The van der Waals surface area contributed by atoms with Crippen molar-refractivity contribution in [3.63, 3.8) is 0 Å². The molecule has 1 atom stereocenters. The van der Waals surface area contributed by atoms with Crippen molar-refractivity contribution in [2.24, 2.45) is 0 Å². The lowest BCUT2D eigenvalue weighted by atomic mass is 10.2. The van der Waals surface area contributed by atoms with Gasteiger partial charge in [-0.25, -0.2) is 0 Å². The lowest BCUT2D eigenvalue weighted by Gasteiger charge is -2.25. The Kier molecular flexibility index (Phi) is 2.42. The second-order valence-corrected chi connectivity index (χ2v) is 4.90. The molecule has 0 spiro atoms. The Balaban J connectivity index is 2.20. The number of aliphatic hydroxyl groups is 1. The van der Waals surface area contributed by atoms with E-state index in [9.17, 15) is 0 Å². The number of halogens is 1. The molecular weight excluding hydrogens is 248 g/mol. The molecule has 0 bridgehead atoms. The fourth-order valence-electron chi connectivity index (χ4n) is 1.75. The predicted molar refractivity (Wildman–Crippen MR) is 63.8 cm³/mol. The maximum absolute atomic E-state index is 9.07. The van der Waals surface area contributed by atoms with Crippen molar-refractivity contribution in [1.29, 1.82) is 0 Å². The van der Waals surface area contributed by atoms with Gasteiger partial charge in [-0.1, -0.05) is 11.6 Å². The van der Waals surface area contributed by atoms with Gasteiger partial charge in [0.25, 0.3) is 0 Å². The molecule has 1 aliphatic heterocycles. The second kappa shape index (κ2) is 3.80. The summed E-state index contributed by atoms with van der Waals surface area (Å²) in [5.41, 5.74) is 0. The van der Waals surface area contributed by atoms with E-state index in [1.54, 1.807) is 11.3 Å². The van der Waals surface area contributed by atoms with Gasteiger partial charge in [0.1, 0.15) is 6.61 Å². The van der Waals surface area contributed by atoms with Crippen molar-refractivity contribution in [2.45, 2.75) is 6.10 Å². The normalized spacial score (nSPS) is 19.0. The number of hydrogen-bond acceptors (Lipinski definition) is 4. The number of ether oxygens (including phenoxy) is 2. The first-order valence-electron chi connectivity index (χ1n) is 4.89. The summed E-state index contributed by atoms with van der Waals surface area (Å²) in [6.07, 6.45) is -0.311. The molecular formula is C11H9ClO3S. The van der Waals surface area contributed by atoms with Gasteiger partial charge < -0.3 is 14.6 Å². The molecule has 0 amide bonds. The van der Waals surface area contributed by atoms with E-state index in [-0.39, 0.29) is 12.7 Å². The SMILES string of the molecule is OC[C@H]1COc2ccc3scc(Cl)c3c2O1. The molecule has 0 saturated heterocycles. The van der Waals surface area contributed by atoms with Crippen molar-refractivity contribution in [1.82, 2.24) is 0 Å². The van der Waals surface area contributed by atoms with E-state index < -0.39 is 0 Å². The van der Waals surface area contributed by atoms with Crippen LogP contribution in [0.3, 0.4) is 0 Å². The van der Waals surface area contributed by atoms with Gasteiger partial charge in [0.15, 0.2) is 17.6 Å². The summed E-state index contributed by atoms with van der Waals surface area (Å²) in [5.74, 6) is 1.34. The van der Waals surface area contributed by atoms with Crippen LogP contribution in [0.2, 0.25) is 5.02 Å². The van der Waals surface area contributed by atoms with E-state index in [2.05, 4.69) is 0 Å². The molecule has 1 aromatic carbocycles. The number of benzene rings is 1. The van der Waals surface area contributed by atoms with E-state index in [0.29, 0.717) is 23.1 Å². The minimum absolute atomic E-state index is 0.0580. The molecule has 16 heavy (non-hydrogen) atoms. The molecule has 2 heterocycles. The lowest BCUT2D eigenvalue weighted by molar-refractivity contribution is 0.0472. The van der Waals surface area contributed by atoms with Crippen molar-refractivity contribution in [2.75, 3.05) is 13.2 Å². The second-order valence-electron chi connectivity index (χ2n) is 3.58. The van der Waals surface area contributed by atoms with Gasteiger partial charge in [-0.3, -0.25) is 0 Å². The molecule has 3 nitrogen and oxygen atoms in total. The zero-order valence-corrected chi connectivity index (χ0v) is 9.85. The number of fused-ring (bicyclic) bond motifs is 3. The minimum Gasteiger partial charge on any atom is -0.486 e. The van der Waals surface area contributed by atoms with Gasteiger partial charge in [0, 0.05) is 10.1 Å². The van der Waals surface area contributed by atoms with E-state index in [4.69, 9.17) is 26.2 Å². The highest BCUT2D eigenvalue weighted by Gasteiger charge is 2.24. The fraction of sp³-hybridized carbons (Fsp3) is 0.273. The van der Waals surface area contributed by atoms with Gasteiger partial charge in [-0.05, 0) is 12.1 Å². The standard InChI is InChI=1S/C11H9ClO3S/c12-7-5-16-9-2-1-8-11(10(7)9)15-6(3-13)4-14-8/h1-2,5-6,13H,3-4H2/t6-/m0/s1. The Morgan fingerprint density at radius 3 is 3.19 bits per heavy atom. The van der Waals surface area contributed by atoms with E-state index in [0.717, 1.165) is 10.1 Å². The van der Waals surface area contributed by atoms with Gasteiger partial charge in [-0.2, -0.15) is 0 Å². The summed E-state index contributed by atoms with van der Waals surface area (Å²) >= 11 is 7.68. The van der Waals surface area contributed by atoms with Gasteiger partial charge >= 0.3 is 0 Å². The summed E-state index contributed by atoms with van der Waals surface area (Å²) in [6.45, 7) is 0.314. The molecule has 3 rings (SSSR count). The summed E-state index contributed by atoms with van der Waals surface area (Å²) in [5, 5.41) is 12.5.